The molecule has 5 heteroatoms. The molecule has 0 radical (unpaired) electrons. The largest absolute Gasteiger partial charge is 0.462 e. The topological polar surface area (TPSA) is 44.1 Å². The molecule has 0 aliphatic rings. The lowest BCUT2D eigenvalue weighted by molar-refractivity contribution is 0.0526. The van der Waals surface area contributed by atoms with E-state index in [9.17, 15) is 4.79 Å². The van der Waals surface area contributed by atoms with Crippen LogP contribution in [-0.2, 0) is 4.74 Å². The molecule has 4 nitrogen and oxygen atoms in total. The molecule has 128 valence electrons. The van der Waals surface area contributed by atoms with Crippen molar-refractivity contribution in [2.45, 2.75) is 20.8 Å². The molecule has 0 amide bonds. The molecule has 0 aliphatic heterocycles. The molecule has 1 aromatic heterocycles. The van der Waals surface area contributed by atoms with Crippen LogP contribution in [0.15, 0.2) is 48.5 Å². The van der Waals surface area contributed by atoms with Crippen LogP contribution < -0.4 is 0 Å². The third-order valence-corrected chi connectivity index (χ3v) is 4.21. The Bertz CT molecular complexity index is 914. The van der Waals surface area contributed by atoms with Crippen LogP contribution >= 0.6 is 11.6 Å². The van der Waals surface area contributed by atoms with E-state index in [1.54, 1.807) is 23.7 Å². The number of carbonyl (C=O) groups excluding carboxylic acids is 1. The van der Waals surface area contributed by atoms with Gasteiger partial charge >= 0.3 is 5.97 Å². The first kappa shape index (κ1) is 17.2. The van der Waals surface area contributed by atoms with Crippen molar-refractivity contribution in [1.29, 1.82) is 0 Å². The number of aromatic nitrogens is 2. The fourth-order valence-electron chi connectivity index (χ4n) is 2.73. The first-order chi connectivity index (χ1) is 12.0. The van der Waals surface area contributed by atoms with Gasteiger partial charge in [0.25, 0.3) is 0 Å². The fourth-order valence-corrected chi connectivity index (χ4v) is 2.92. The van der Waals surface area contributed by atoms with Crippen LogP contribution in [0.3, 0.4) is 0 Å². The number of nitrogens with zero attached hydrogens (tertiary/aromatic N) is 2. The Labute approximate surface area is 152 Å². The second-order valence-electron chi connectivity index (χ2n) is 5.79. The molecule has 0 fully saturated rings. The summed E-state index contributed by atoms with van der Waals surface area (Å²) >= 11 is 6.12. The Hall–Kier alpha value is -2.59. The lowest BCUT2D eigenvalue weighted by atomic mass is 10.1. The van der Waals surface area contributed by atoms with E-state index < -0.39 is 0 Å². The van der Waals surface area contributed by atoms with Crippen LogP contribution in [0.25, 0.3) is 16.9 Å². The highest BCUT2D eigenvalue weighted by Crippen LogP contribution is 2.29. The van der Waals surface area contributed by atoms with E-state index in [1.165, 1.54) is 0 Å². The maximum absolute atomic E-state index is 12.5. The lowest BCUT2D eigenvalue weighted by Crippen LogP contribution is -2.07. The maximum atomic E-state index is 12.5. The van der Waals surface area contributed by atoms with Gasteiger partial charge in [0.1, 0.15) is 11.3 Å². The summed E-state index contributed by atoms with van der Waals surface area (Å²) < 4.78 is 7.01. The predicted molar refractivity (Wildman–Crippen MR) is 99.4 cm³/mol. The van der Waals surface area contributed by atoms with Gasteiger partial charge in [0, 0.05) is 10.6 Å². The summed E-state index contributed by atoms with van der Waals surface area (Å²) in [6.45, 7) is 5.99. The standard InChI is InChI=1S/C20H19ClN2O2/c1-4-25-20(24)18-14(3)23(17-10-8-13(2)9-11-17)22-19(18)15-6-5-7-16(21)12-15/h5-12H,4H2,1-3H3. The van der Waals surface area contributed by atoms with E-state index in [4.69, 9.17) is 16.3 Å². The van der Waals surface area contributed by atoms with Crippen molar-refractivity contribution < 1.29 is 9.53 Å². The summed E-state index contributed by atoms with van der Waals surface area (Å²) in [6.07, 6.45) is 0. The van der Waals surface area contributed by atoms with Gasteiger partial charge in [0.15, 0.2) is 0 Å². The van der Waals surface area contributed by atoms with Crippen LogP contribution in [0.1, 0.15) is 28.5 Å². The first-order valence-electron chi connectivity index (χ1n) is 8.11. The molecule has 0 bridgehead atoms. The van der Waals surface area contributed by atoms with Crippen LogP contribution in [-0.4, -0.2) is 22.4 Å². The SMILES string of the molecule is CCOC(=O)c1c(-c2cccc(Cl)c2)nn(-c2ccc(C)cc2)c1C. The molecule has 0 N–H and O–H groups in total. The molecule has 0 aliphatic carbocycles. The molecular weight excluding hydrogens is 336 g/mol. The number of esters is 1. The van der Waals surface area contributed by atoms with Crippen molar-refractivity contribution in [2.24, 2.45) is 0 Å². The van der Waals surface area contributed by atoms with E-state index >= 15 is 0 Å². The van der Waals surface area contributed by atoms with Crippen LogP contribution in [0.2, 0.25) is 5.02 Å². The average Bonchev–Trinajstić information content (AvgIpc) is 2.93. The van der Waals surface area contributed by atoms with Crippen molar-refractivity contribution >= 4 is 17.6 Å². The molecule has 0 unspecified atom stereocenters. The van der Waals surface area contributed by atoms with Gasteiger partial charge in [-0.25, -0.2) is 9.48 Å². The fraction of sp³-hybridized carbons (Fsp3) is 0.200. The minimum absolute atomic E-state index is 0.309. The van der Waals surface area contributed by atoms with Crippen molar-refractivity contribution in [3.63, 3.8) is 0 Å². The Kier molecular flexibility index (Phi) is 4.91. The highest BCUT2D eigenvalue weighted by Gasteiger charge is 2.24. The lowest BCUT2D eigenvalue weighted by Gasteiger charge is -2.05. The molecule has 1 heterocycles. The summed E-state index contributed by atoms with van der Waals surface area (Å²) in [4.78, 5) is 12.5. The third-order valence-electron chi connectivity index (χ3n) is 3.97. The molecule has 25 heavy (non-hydrogen) atoms. The van der Waals surface area contributed by atoms with Gasteiger partial charge in [-0.1, -0.05) is 41.4 Å². The summed E-state index contributed by atoms with van der Waals surface area (Å²) in [7, 11) is 0. The van der Waals surface area contributed by atoms with E-state index in [-0.39, 0.29) is 5.97 Å². The Morgan fingerprint density at radius 1 is 1.16 bits per heavy atom. The van der Waals surface area contributed by atoms with Crippen molar-refractivity contribution in [1.82, 2.24) is 9.78 Å². The van der Waals surface area contributed by atoms with Crippen molar-refractivity contribution in [2.75, 3.05) is 6.61 Å². The van der Waals surface area contributed by atoms with E-state index in [1.807, 2.05) is 50.2 Å². The van der Waals surface area contributed by atoms with Gasteiger partial charge in [-0.15, -0.1) is 0 Å². The van der Waals surface area contributed by atoms with Crippen molar-refractivity contribution in [3.05, 3.63) is 70.4 Å². The molecular formula is C20H19ClN2O2. The molecule has 0 saturated heterocycles. The predicted octanol–water partition coefficient (Wildman–Crippen LogP) is 4.99. The molecule has 2 aromatic carbocycles. The third kappa shape index (κ3) is 3.44. The average molecular weight is 355 g/mol. The second kappa shape index (κ2) is 7.11. The van der Waals surface area contributed by atoms with Gasteiger partial charge in [-0.05, 0) is 45.0 Å². The normalized spacial score (nSPS) is 10.7. The minimum Gasteiger partial charge on any atom is -0.462 e. The summed E-state index contributed by atoms with van der Waals surface area (Å²) in [6, 6.07) is 15.3. The molecule has 0 atom stereocenters. The number of aryl methyl sites for hydroxylation is 1. The van der Waals surface area contributed by atoms with Crippen LogP contribution in [0.4, 0.5) is 0 Å². The number of hydrogen-bond acceptors (Lipinski definition) is 3. The van der Waals surface area contributed by atoms with Gasteiger partial charge in [-0.3, -0.25) is 0 Å². The first-order valence-corrected chi connectivity index (χ1v) is 8.48. The van der Waals surface area contributed by atoms with Gasteiger partial charge in [-0.2, -0.15) is 5.10 Å². The summed E-state index contributed by atoms with van der Waals surface area (Å²) in [5.41, 5.74) is 4.60. The molecule has 0 spiro atoms. The molecule has 0 saturated carbocycles. The van der Waals surface area contributed by atoms with Crippen LogP contribution in [0.5, 0.6) is 0 Å². The Morgan fingerprint density at radius 3 is 2.52 bits per heavy atom. The van der Waals surface area contributed by atoms with Crippen molar-refractivity contribution in [3.8, 4) is 16.9 Å². The molecule has 3 aromatic rings. The second-order valence-corrected chi connectivity index (χ2v) is 6.22. The minimum atomic E-state index is -0.381. The number of halogens is 1. The zero-order valence-corrected chi connectivity index (χ0v) is 15.2. The summed E-state index contributed by atoms with van der Waals surface area (Å²) in [5.74, 6) is -0.381. The molecule has 3 rings (SSSR count). The number of hydrogen-bond donors (Lipinski definition) is 0. The number of rotatable bonds is 4. The number of carbonyl (C=O) groups is 1. The van der Waals surface area contributed by atoms with E-state index in [0.717, 1.165) is 22.5 Å². The maximum Gasteiger partial charge on any atom is 0.342 e. The highest BCUT2D eigenvalue weighted by atomic mass is 35.5. The zero-order valence-electron chi connectivity index (χ0n) is 14.4. The van der Waals surface area contributed by atoms with Gasteiger partial charge < -0.3 is 4.74 Å². The van der Waals surface area contributed by atoms with E-state index in [0.29, 0.717) is 22.9 Å². The number of benzene rings is 2. The Balaban J connectivity index is 2.20. The van der Waals surface area contributed by atoms with E-state index in [2.05, 4.69) is 5.10 Å². The van der Waals surface area contributed by atoms with Crippen LogP contribution in [0, 0.1) is 13.8 Å². The van der Waals surface area contributed by atoms with Gasteiger partial charge in [0.05, 0.1) is 18.0 Å². The summed E-state index contributed by atoms with van der Waals surface area (Å²) in [5, 5.41) is 5.27. The van der Waals surface area contributed by atoms with Gasteiger partial charge in [0.2, 0.25) is 0 Å². The smallest absolute Gasteiger partial charge is 0.342 e. The number of ether oxygens (including phenoxy) is 1. The monoisotopic (exact) mass is 354 g/mol. The quantitative estimate of drug-likeness (QED) is 0.620. The zero-order chi connectivity index (χ0) is 18.0. The Morgan fingerprint density at radius 2 is 1.88 bits per heavy atom. The highest BCUT2D eigenvalue weighted by molar-refractivity contribution is 6.30.